The van der Waals surface area contributed by atoms with Crippen molar-refractivity contribution in [3.63, 3.8) is 0 Å². The number of aromatic nitrogens is 1. The maximum atomic E-state index is 13.5. The van der Waals surface area contributed by atoms with Crippen LogP contribution in [0.25, 0.3) is 10.9 Å². The molecule has 1 atom stereocenters. The molecule has 0 aliphatic carbocycles. The summed E-state index contributed by atoms with van der Waals surface area (Å²) in [6.07, 6.45) is 1.22. The Morgan fingerprint density at radius 1 is 0.925 bits per heavy atom. The normalized spacial score (nSPS) is 17.6. The molecule has 1 unspecified atom stereocenters. The van der Waals surface area contributed by atoms with Crippen LogP contribution in [0.15, 0.2) is 66.7 Å². The molecule has 2 aliphatic heterocycles. The minimum absolute atomic E-state index is 0.356. The van der Waals surface area contributed by atoms with Crippen LogP contribution in [-0.2, 0) is 11.2 Å². The minimum Gasteiger partial charge on any atom is -0.494 e. The van der Waals surface area contributed by atoms with Crippen LogP contribution < -0.4 is 9.47 Å². The maximum absolute atomic E-state index is 13.5. The van der Waals surface area contributed by atoms with Crippen molar-refractivity contribution in [3.8, 4) is 11.5 Å². The summed E-state index contributed by atoms with van der Waals surface area (Å²) in [7, 11) is 0. The largest absolute Gasteiger partial charge is 0.494 e. The van der Waals surface area contributed by atoms with Gasteiger partial charge < -0.3 is 19.2 Å². The minimum atomic E-state index is -0.418. The van der Waals surface area contributed by atoms with Crippen LogP contribution in [0.3, 0.4) is 0 Å². The Hall–Kier alpha value is -3.23. The van der Waals surface area contributed by atoms with Crippen LogP contribution in [-0.4, -0.2) is 66.9 Å². The van der Waals surface area contributed by atoms with E-state index in [9.17, 15) is 4.79 Å². The average Bonchev–Trinajstić information content (AvgIpc) is 3.35. The van der Waals surface area contributed by atoms with Gasteiger partial charge in [-0.2, -0.15) is 0 Å². The summed E-state index contributed by atoms with van der Waals surface area (Å²) in [5.41, 5.74) is 4.09. The zero-order chi connectivity index (χ0) is 27.5. The Kier molecular flexibility index (Phi) is 8.16. The topological polar surface area (TPSA) is 67.0 Å². The van der Waals surface area contributed by atoms with E-state index in [0.717, 1.165) is 67.2 Å². The number of rotatable bonds is 7. The van der Waals surface area contributed by atoms with E-state index in [-0.39, 0.29) is 6.04 Å². The third-order valence-corrected chi connectivity index (χ3v) is 8.02. The molecule has 40 heavy (non-hydrogen) atoms. The van der Waals surface area contributed by atoms with Crippen LogP contribution >= 0.6 is 23.2 Å². The molecular formula is C31H31Cl2N3O4. The Bertz CT molecular complexity index is 1470. The second-order valence-corrected chi connectivity index (χ2v) is 11.0. The van der Waals surface area contributed by atoms with Gasteiger partial charge >= 0.3 is 6.09 Å². The molecule has 3 aromatic carbocycles. The molecule has 0 saturated carbocycles. The summed E-state index contributed by atoms with van der Waals surface area (Å²) in [6.45, 7) is 5.72. The van der Waals surface area contributed by atoms with Crippen LogP contribution in [0.2, 0.25) is 10.0 Å². The fourth-order valence-corrected chi connectivity index (χ4v) is 5.81. The number of ether oxygens (including phenoxy) is 3. The summed E-state index contributed by atoms with van der Waals surface area (Å²) in [4.78, 5) is 21.2. The highest BCUT2D eigenvalue weighted by Gasteiger charge is 2.35. The summed E-state index contributed by atoms with van der Waals surface area (Å²) in [6, 6.07) is 20.3. The molecule has 1 aromatic heterocycles. The summed E-state index contributed by atoms with van der Waals surface area (Å²) >= 11 is 12.3. The second-order valence-electron chi connectivity index (χ2n) is 10.1. The molecule has 3 heterocycles. The highest BCUT2D eigenvalue weighted by Crippen LogP contribution is 2.40. The maximum Gasteiger partial charge on any atom is 0.416 e. The quantitative estimate of drug-likeness (QED) is 0.246. The fourth-order valence-electron chi connectivity index (χ4n) is 5.52. The Labute approximate surface area is 243 Å². The fraction of sp³-hybridized carbons (Fsp3) is 0.323. The predicted molar refractivity (Wildman–Crippen MR) is 157 cm³/mol. The molecule has 0 spiro atoms. The van der Waals surface area contributed by atoms with E-state index in [1.807, 2.05) is 42.5 Å². The van der Waals surface area contributed by atoms with E-state index in [2.05, 4.69) is 9.88 Å². The number of benzene rings is 3. The third-order valence-electron chi connectivity index (χ3n) is 7.53. The van der Waals surface area contributed by atoms with Gasteiger partial charge in [0.2, 0.25) is 0 Å². The van der Waals surface area contributed by atoms with Gasteiger partial charge in [0, 0.05) is 52.8 Å². The number of hydrogen-bond donors (Lipinski definition) is 1. The summed E-state index contributed by atoms with van der Waals surface area (Å²) < 4.78 is 17.2. The van der Waals surface area contributed by atoms with Crippen LogP contribution in [0.5, 0.6) is 11.5 Å². The smallest absolute Gasteiger partial charge is 0.416 e. The molecule has 7 nitrogen and oxygen atoms in total. The van der Waals surface area contributed by atoms with E-state index < -0.39 is 6.09 Å². The van der Waals surface area contributed by atoms with Gasteiger partial charge in [-0.3, -0.25) is 9.80 Å². The molecular weight excluding hydrogens is 549 g/mol. The van der Waals surface area contributed by atoms with Crippen molar-refractivity contribution in [2.75, 3.05) is 46.0 Å². The van der Waals surface area contributed by atoms with E-state index in [0.29, 0.717) is 35.4 Å². The number of carbonyl (C=O) groups is 1. The second kappa shape index (κ2) is 12.1. The van der Waals surface area contributed by atoms with Gasteiger partial charge in [-0.15, -0.1) is 0 Å². The van der Waals surface area contributed by atoms with Gasteiger partial charge in [-0.05, 0) is 78.6 Å². The zero-order valence-corrected chi connectivity index (χ0v) is 23.6. The van der Waals surface area contributed by atoms with E-state index in [1.54, 1.807) is 29.2 Å². The van der Waals surface area contributed by atoms with Gasteiger partial charge in [-0.1, -0.05) is 35.3 Å². The highest BCUT2D eigenvalue weighted by atomic mass is 35.5. The molecule has 0 radical (unpaired) electrons. The van der Waals surface area contributed by atoms with Crippen LogP contribution in [0.1, 0.15) is 29.3 Å². The molecule has 1 amide bonds. The Morgan fingerprint density at radius 3 is 2.42 bits per heavy atom. The number of nitrogens with one attached hydrogen (secondary N) is 1. The molecule has 1 saturated heterocycles. The van der Waals surface area contributed by atoms with Gasteiger partial charge in [0.25, 0.3) is 0 Å². The Morgan fingerprint density at radius 2 is 1.65 bits per heavy atom. The average molecular weight is 581 g/mol. The number of aromatic amines is 1. The van der Waals surface area contributed by atoms with Crippen molar-refractivity contribution < 1.29 is 19.0 Å². The van der Waals surface area contributed by atoms with Gasteiger partial charge in [0.1, 0.15) is 17.5 Å². The SMILES string of the molecule is O=C(Oc1ccc(Cl)cc1)N1CCc2c([nH]c3ccc(Cl)cc23)C1c1ccc(OCCCN2CCOCC2)cc1. The van der Waals surface area contributed by atoms with Crippen LogP contribution in [0, 0.1) is 0 Å². The van der Waals surface area contributed by atoms with E-state index >= 15 is 0 Å². The van der Waals surface area contributed by atoms with Gasteiger partial charge in [0.15, 0.2) is 0 Å². The first-order valence-electron chi connectivity index (χ1n) is 13.6. The number of halogens is 2. The molecule has 6 rings (SSSR count). The summed E-state index contributed by atoms with van der Waals surface area (Å²) in [5, 5.41) is 2.35. The lowest BCUT2D eigenvalue weighted by Crippen LogP contribution is -2.42. The van der Waals surface area contributed by atoms with E-state index in [4.69, 9.17) is 37.4 Å². The van der Waals surface area contributed by atoms with Gasteiger partial charge in [-0.25, -0.2) is 4.79 Å². The van der Waals surface area contributed by atoms with E-state index in [1.165, 1.54) is 5.56 Å². The molecule has 1 N–H and O–H groups in total. The standard InChI is InChI=1S/C31H31Cl2N3O4/c32-22-4-9-25(10-5-22)40-31(37)36-14-12-26-27-20-23(33)6-11-28(27)34-29(26)30(36)21-2-7-24(8-3-21)39-17-1-13-35-15-18-38-19-16-35/h2-11,20,30,34H,1,12-19H2. The van der Waals surface area contributed by atoms with Crippen molar-refractivity contribution in [2.24, 2.45) is 0 Å². The van der Waals surface area contributed by atoms with Crippen molar-refractivity contribution in [1.82, 2.24) is 14.8 Å². The predicted octanol–water partition coefficient (Wildman–Crippen LogP) is 6.72. The monoisotopic (exact) mass is 579 g/mol. The lowest BCUT2D eigenvalue weighted by molar-refractivity contribution is 0.0358. The van der Waals surface area contributed by atoms with Crippen LogP contribution in [0.4, 0.5) is 4.79 Å². The third kappa shape index (κ3) is 5.93. The number of morpholine rings is 1. The molecule has 4 aromatic rings. The first-order valence-corrected chi connectivity index (χ1v) is 14.4. The lowest BCUT2D eigenvalue weighted by Gasteiger charge is -2.35. The van der Waals surface area contributed by atoms with Crippen molar-refractivity contribution >= 4 is 40.2 Å². The first kappa shape index (κ1) is 27.0. The number of nitrogens with zero attached hydrogens (tertiary/aromatic N) is 2. The number of carbonyl (C=O) groups excluding carboxylic acids is 1. The number of H-pyrrole nitrogens is 1. The number of amides is 1. The first-order chi connectivity index (χ1) is 19.5. The molecule has 2 aliphatic rings. The molecule has 1 fully saturated rings. The molecule has 9 heteroatoms. The number of fused-ring (bicyclic) bond motifs is 3. The highest BCUT2D eigenvalue weighted by molar-refractivity contribution is 6.31. The Balaban J connectivity index is 1.22. The zero-order valence-electron chi connectivity index (χ0n) is 22.1. The van der Waals surface area contributed by atoms with Crippen molar-refractivity contribution in [2.45, 2.75) is 18.9 Å². The lowest BCUT2D eigenvalue weighted by atomic mass is 9.92. The molecule has 208 valence electrons. The van der Waals surface area contributed by atoms with Crippen molar-refractivity contribution in [3.05, 3.63) is 93.6 Å². The summed E-state index contributed by atoms with van der Waals surface area (Å²) in [5.74, 6) is 1.25. The van der Waals surface area contributed by atoms with Crippen molar-refractivity contribution in [1.29, 1.82) is 0 Å². The molecule has 0 bridgehead atoms. The van der Waals surface area contributed by atoms with Gasteiger partial charge in [0.05, 0.1) is 19.8 Å². The number of hydrogen-bond acceptors (Lipinski definition) is 5.